The summed E-state index contributed by atoms with van der Waals surface area (Å²) in [4.78, 5) is 23.0. The van der Waals surface area contributed by atoms with E-state index in [1.165, 1.54) is 6.07 Å². The lowest BCUT2D eigenvalue weighted by Gasteiger charge is -2.12. The number of nitro benzene ring substituents is 1. The summed E-state index contributed by atoms with van der Waals surface area (Å²) in [5.74, 6) is 0.700. The number of rotatable bonds is 8. The largest absolute Gasteiger partial charge is 0.489 e. The van der Waals surface area contributed by atoms with E-state index in [-0.39, 0.29) is 18.0 Å². The molecule has 3 aromatic carbocycles. The summed E-state index contributed by atoms with van der Waals surface area (Å²) < 4.78 is 11.2. The molecule has 0 heterocycles. The van der Waals surface area contributed by atoms with E-state index >= 15 is 0 Å². The molecular weight excluding hydrogens is 384 g/mol. The monoisotopic (exact) mass is 406 g/mol. The molecule has 0 aromatic heterocycles. The average molecular weight is 406 g/mol. The second-order valence-electron chi connectivity index (χ2n) is 6.74. The molecular formula is C23H22N2O5. The summed E-state index contributed by atoms with van der Waals surface area (Å²) in [6.07, 6.45) is 0. The molecule has 3 aromatic rings. The Bertz CT molecular complexity index is 1030. The number of nitrogens with one attached hydrogen (secondary N) is 1. The molecule has 0 saturated heterocycles. The third kappa shape index (κ3) is 5.35. The van der Waals surface area contributed by atoms with Crippen molar-refractivity contribution in [2.75, 3.05) is 11.9 Å². The van der Waals surface area contributed by atoms with Gasteiger partial charge in [0, 0.05) is 6.07 Å². The minimum absolute atomic E-state index is 0.147. The molecule has 30 heavy (non-hydrogen) atoms. The van der Waals surface area contributed by atoms with E-state index in [4.69, 9.17) is 9.47 Å². The number of amides is 1. The molecule has 0 bridgehead atoms. The molecule has 7 heteroatoms. The van der Waals surface area contributed by atoms with Crippen molar-refractivity contribution >= 4 is 17.3 Å². The van der Waals surface area contributed by atoms with Gasteiger partial charge < -0.3 is 14.8 Å². The lowest BCUT2D eigenvalue weighted by atomic mass is 10.1. The van der Waals surface area contributed by atoms with Crippen molar-refractivity contribution in [1.82, 2.24) is 0 Å². The first-order valence-electron chi connectivity index (χ1n) is 9.38. The fraction of sp³-hybridized carbons (Fsp3) is 0.174. The Hall–Kier alpha value is -3.87. The summed E-state index contributed by atoms with van der Waals surface area (Å²) in [7, 11) is 0. The van der Waals surface area contributed by atoms with E-state index in [9.17, 15) is 14.9 Å². The van der Waals surface area contributed by atoms with Gasteiger partial charge in [-0.05, 0) is 54.8 Å². The maximum Gasteiger partial charge on any atom is 0.293 e. The summed E-state index contributed by atoms with van der Waals surface area (Å²) in [5.41, 5.74) is 2.61. The van der Waals surface area contributed by atoms with Crippen LogP contribution in [0.25, 0.3) is 0 Å². The number of aryl methyl sites for hydroxylation is 1. The van der Waals surface area contributed by atoms with Gasteiger partial charge in [-0.25, -0.2) is 0 Å². The van der Waals surface area contributed by atoms with Crippen LogP contribution in [0.5, 0.6) is 11.5 Å². The average Bonchev–Trinajstić information content (AvgIpc) is 2.75. The third-order valence-electron chi connectivity index (χ3n) is 4.62. The Morgan fingerprint density at radius 3 is 2.20 bits per heavy atom. The topological polar surface area (TPSA) is 90.7 Å². The lowest BCUT2D eigenvalue weighted by molar-refractivity contribution is -0.384. The van der Waals surface area contributed by atoms with Crippen LogP contribution in [0.4, 0.5) is 11.4 Å². The van der Waals surface area contributed by atoms with Crippen LogP contribution in [-0.2, 0) is 11.4 Å². The van der Waals surface area contributed by atoms with Gasteiger partial charge in [0.15, 0.2) is 6.61 Å². The number of carbonyl (C=O) groups excluding carboxylic acids is 1. The van der Waals surface area contributed by atoms with Crippen molar-refractivity contribution in [3.63, 3.8) is 0 Å². The summed E-state index contributed by atoms with van der Waals surface area (Å²) in [6.45, 7) is 3.74. The Balaban J connectivity index is 1.55. The second kappa shape index (κ2) is 9.56. The number of benzene rings is 3. The van der Waals surface area contributed by atoms with E-state index in [1.807, 2.05) is 37.3 Å². The maximum absolute atomic E-state index is 12.3. The molecule has 7 nitrogen and oxygen atoms in total. The smallest absolute Gasteiger partial charge is 0.293 e. The molecule has 0 aliphatic heterocycles. The lowest BCUT2D eigenvalue weighted by Crippen LogP contribution is -2.21. The van der Waals surface area contributed by atoms with E-state index in [0.717, 1.165) is 11.1 Å². The zero-order valence-corrected chi connectivity index (χ0v) is 16.8. The second-order valence-corrected chi connectivity index (χ2v) is 6.74. The van der Waals surface area contributed by atoms with Gasteiger partial charge in [-0.1, -0.05) is 36.4 Å². The molecule has 0 aliphatic carbocycles. The molecule has 0 aliphatic rings. The van der Waals surface area contributed by atoms with E-state index in [2.05, 4.69) is 5.32 Å². The minimum atomic E-state index is -0.517. The van der Waals surface area contributed by atoms with Gasteiger partial charge in [0.2, 0.25) is 0 Å². The van der Waals surface area contributed by atoms with E-state index in [0.29, 0.717) is 23.7 Å². The molecule has 154 valence electrons. The van der Waals surface area contributed by atoms with Gasteiger partial charge in [-0.15, -0.1) is 0 Å². The van der Waals surface area contributed by atoms with Gasteiger partial charge >= 0.3 is 0 Å². The predicted molar refractivity (Wildman–Crippen MR) is 114 cm³/mol. The van der Waals surface area contributed by atoms with Crippen LogP contribution in [0.15, 0.2) is 66.7 Å². The molecule has 0 atom stereocenters. The van der Waals surface area contributed by atoms with E-state index in [1.54, 1.807) is 37.3 Å². The fourth-order valence-corrected chi connectivity index (χ4v) is 2.81. The maximum atomic E-state index is 12.3. The number of hydrogen-bond acceptors (Lipinski definition) is 5. The first-order chi connectivity index (χ1) is 14.4. The molecule has 1 amide bonds. The Morgan fingerprint density at radius 2 is 1.57 bits per heavy atom. The van der Waals surface area contributed by atoms with E-state index < -0.39 is 10.8 Å². The number of nitro groups is 1. The summed E-state index contributed by atoms with van der Waals surface area (Å²) in [5, 5.41) is 13.8. The van der Waals surface area contributed by atoms with Gasteiger partial charge in [-0.2, -0.15) is 0 Å². The Kier molecular flexibility index (Phi) is 6.64. The van der Waals surface area contributed by atoms with Gasteiger partial charge in [-0.3, -0.25) is 14.9 Å². The standard InChI is InChI=1S/C23H22N2O5/c1-16-8-13-21(25(27)28)23(17(16)2)24-22(26)15-30-20-11-9-19(10-12-20)29-14-18-6-4-3-5-7-18/h3-13H,14-15H2,1-2H3,(H,24,26). The quantitative estimate of drug-likeness (QED) is 0.428. The zero-order chi connectivity index (χ0) is 21.5. The number of ether oxygens (including phenoxy) is 2. The van der Waals surface area contributed by atoms with Gasteiger partial charge in [0.25, 0.3) is 11.6 Å². The third-order valence-corrected chi connectivity index (χ3v) is 4.62. The summed E-state index contributed by atoms with van der Waals surface area (Å²) >= 11 is 0. The first kappa shape index (κ1) is 20.9. The van der Waals surface area contributed by atoms with Crippen LogP contribution in [0.1, 0.15) is 16.7 Å². The first-order valence-corrected chi connectivity index (χ1v) is 9.38. The van der Waals surface area contributed by atoms with Crippen LogP contribution < -0.4 is 14.8 Å². The highest BCUT2D eigenvalue weighted by atomic mass is 16.6. The van der Waals surface area contributed by atoms with Gasteiger partial charge in [0.05, 0.1) is 4.92 Å². The molecule has 0 saturated carbocycles. The van der Waals surface area contributed by atoms with Crippen LogP contribution in [-0.4, -0.2) is 17.4 Å². The fourth-order valence-electron chi connectivity index (χ4n) is 2.81. The van der Waals surface area contributed by atoms with Crippen molar-refractivity contribution in [2.24, 2.45) is 0 Å². The predicted octanol–water partition coefficient (Wildman–Crippen LogP) is 4.81. The van der Waals surface area contributed by atoms with Crippen LogP contribution in [0, 0.1) is 24.0 Å². The summed E-state index contributed by atoms with van der Waals surface area (Å²) in [6, 6.07) is 19.8. The highest BCUT2D eigenvalue weighted by Gasteiger charge is 2.19. The number of nitrogens with zero attached hydrogens (tertiary/aromatic N) is 1. The highest BCUT2D eigenvalue weighted by Crippen LogP contribution is 2.30. The van der Waals surface area contributed by atoms with Gasteiger partial charge in [0.1, 0.15) is 23.8 Å². The van der Waals surface area contributed by atoms with Crippen LogP contribution >= 0.6 is 0 Å². The number of carbonyl (C=O) groups is 1. The van der Waals surface area contributed by atoms with Crippen molar-refractivity contribution in [2.45, 2.75) is 20.5 Å². The normalized spacial score (nSPS) is 10.3. The number of anilines is 1. The molecule has 0 unspecified atom stereocenters. The Labute approximate surface area is 174 Å². The number of hydrogen-bond donors (Lipinski definition) is 1. The molecule has 0 spiro atoms. The highest BCUT2D eigenvalue weighted by molar-refractivity contribution is 5.95. The minimum Gasteiger partial charge on any atom is -0.489 e. The Morgan fingerprint density at radius 1 is 0.933 bits per heavy atom. The van der Waals surface area contributed by atoms with Crippen molar-refractivity contribution in [3.8, 4) is 11.5 Å². The SMILES string of the molecule is Cc1ccc([N+](=O)[O-])c(NC(=O)COc2ccc(OCc3ccccc3)cc2)c1C. The van der Waals surface area contributed by atoms with Crippen LogP contribution in [0.2, 0.25) is 0 Å². The zero-order valence-electron chi connectivity index (χ0n) is 16.8. The van der Waals surface area contributed by atoms with Crippen molar-refractivity contribution in [3.05, 3.63) is 93.5 Å². The van der Waals surface area contributed by atoms with Crippen molar-refractivity contribution in [1.29, 1.82) is 0 Å². The molecule has 3 rings (SSSR count). The molecule has 1 N–H and O–H groups in total. The van der Waals surface area contributed by atoms with Crippen LogP contribution in [0.3, 0.4) is 0 Å². The molecule has 0 radical (unpaired) electrons. The molecule has 0 fully saturated rings. The van der Waals surface area contributed by atoms with Crippen molar-refractivity contribution < 1.29 is 19.2 Å².